The topological polar surface area (TPSA) is 101 Å². The molecule has 4 aromatic rings. The quantitative estimate of drug-likeness (QED) is 0.575. The molecule has 8 nitrogen and oxygen atoms in total. The Balaban J connectivity index is 1.72. The van der Waals surface area contributed by atoms with Crippen molar-refractivity contribution in [1.82, 2.24) is 40.1 Å². The predicted octanol–water partition coefficient (Wildman–Crippen LogP) is 0.988. The zero-order chi connectivity index (χ0) is 13.4. The Morgan fingerprint density at radius 3 is 3.10 bits per heavy atom. The molecule has 0 bridgehead atoms. The Bertz CT molecular complexity index is 841. The molecule has 98 valence electrons. The number of imidazole rings is 1. The van der Waals surface area contributed by atoms with Gasteiger partial charge in [0.25, 0.3) is 0 Å². The summed E-state index contributed by atoms with van der Waals surface area (Å²) >= 11 is 0. The Hall–Kier alpha value is -3.03. The molecule has 0 radical (unpaired) electrons. The molecule has 4 rings (SSSR count). The van der Waals surface area contributed by atoms with E-state index in [1.165, 1.54) is 0 Å². The van der Waals surface area contributed by atoms with Crippen LogP contribution in [0.2, 0.25) is 0 Å². The summed E-state index contributed by atoms with van der Waals surface area (Å²) in [4.78, 5) is 11.4. The summed E-state index contributed by atoms with van der Waals surface area (Å²) in [6.45, 7) is 0.550. The summed E-state index contributed by atoms with van der Waals surface area (Å²) in [5, 5.41) is 16.2. The normalized spacial score (nSPS) is 11.2. The second-order valence-electron chi connectivity index (χ2n) is 4.36. The number of hydrogen-bond acceptors (Lipinski definition) is 5. The summed E-state index contributed by atoms with van der Waals surface area (Å²) in [6, 6.07) is 0. The molecule has 0 amide bonds. The molecule has 8 heteroatoms. The third-order valence-electron chi connectivity index (χ3n) is 3.05. The highest BCUT2D eigenvalue weighted by Gasteiger charge is 2.10. The van der Waals surface area contributed by atoms with Crippen molar-refractivity contribution in [2.75, 3.05) is 0 Å². The number of pyridine rings is 1. The van der Waals surface area contributed by atoms with Gasteiger partial charge in [-0.2, -0.15) is 5.10 Å². The minimum atomic E-state index is 0.550. The van der Waals surface area contributed by atoms with Crippen LogP contribution in [-0.2, 0) is 6.54 Å². The van der Waals surface area contributed by atoms with Gasteiger partial charge in [0.05, 0.1) is 24.1 Å². The lowest BCUT2D eigenvalue weighted by molar-refractivity contribution is 0.629. The van der Waals surface area contributed by atoms with E-state index >= 15 is 0 Å². The van der Waals surface area contributed by atoms with Crippen molar-refractivity contribution in [2.24, 2.45) is 0 Å². The molecule has 0 saturated heterocycles. The van der Waals surface area contributed by atoms with E-state index in [1.807, 2.05) is 6.20 Å². The van der Waals surface area contributed by atoms with Gasteiger partial charge >= 0.3 is 0 Å². The van der Waals surface area contributed by atoms with E-state index in [4.69, 9.17) is 0 Å². The van der Waals surface area contributed by atoms with Crippen molar-refractivity contribution < 1.29 is 0 Å². The number of nitrogens with zero attached hydrogens (tertiary/aromatic N) is 6. The van der Waals surface area contributed by atoms with Gasteiger partial charge in [0, 0.05) is 29.5 Å². The SMILES string of the molecule is c1c[nH]c(Cn2cc(-c3cncc4[nH]ncc34)nn2)n1. The van der Waals surface area contributed by atoms with Crippen LogP contribution in [-0.4, -0.2) is 40.1 Å². The summed E-state index contributed by atoms with van der Waals surface area (Å²) in [5.74, 6) is 0.834. The van der Waals surface area contributed by atoms with Crippen LogP contribution < -0.4 is 0 Å². The fraction of sp³-hybridized carbons (Fsp3) is 0.0833. The van der Waals surface area contributed by atoms with E-state index in [0.717, 1.165) is 28.0 Å². The van der Waals surface area contributed by atoms with Gasteiger partial charge in [0.1, 0.15) is 18.1 Å². The van der Waals surface area contributed by atoms with Crippen molar-refractivity contribution in [3.8, 4) is 11.3 Å². The summed E-state index contributed by atoms with van der Waals surface area (Å²) in [7, 11) is 0. The van der Waals surface area contributed by atoms with Crippen molar-refractivity contribution in [2.45, 2.75) is 6.54 Å². The first-order valence-corrected chi connectivity index (χ1v) is 6.06. The van der Waals surface area contributed by atoms with E-state index in [1.54, 1.807) is 35.7 Å². The fourth-order valence-corrected chi connectivity index (χ4v) is 2.11. The average Bonchev–Trinajstić information content (AvgIpc) is 3.19. The molecule has 20 heavy (non-hydrogen) atoms. The Morgan fingerprint density at radius 1 is 1.20 bits per heavy atom. The monoisotopic (exact) mass is 266 g/mol. The van der Waals surface area contributed by atoms with Gasteiger partial charge in [-0.3, -0.25) is 10.1 Å². The van der Waals surface area contributed by atoms with Gasteiger partial charge in [-0.1, -0.05) is 5.21 Å². The maximum Gasteiger partial charge on any atom is 0.127 e. The van der Waals surface area contributed by atoms with E-state index in [0.29, 0.717) is 6.54 Å². The van der Waals surface area contributed by atoms with Crippen LogP contribution >= 0.6 is 0 Å². The number of rotatable bonds is 3. The van der Waals surface area contributed by atoms with Crippen molar-refractivity contribution in [1.29, 1.82) is 0 Å². The van der Waals surface area contributed by atoms with Crippen LogP contribution in [0.15, 0.2) is 37.2 Å². The lowest BCUT2D eigenvalue weighted by Gasteiger charge is -1.97. The molecule has 0 aromatic carbocycles. The Kier molecular flexibility index (Phi) is 2.31. The van der Waals surface area contributed by atoms with Crippen LogP contribution in [0, 0.1) is 0 Å². The van der Waals surface area contributed by atoms with Gasteiger partial charge < -0.3 is 4.98 Å². The van der Waals surface area contributed by atoms with Gasteiger partial charge in [-0.25, -0.2) is 9.67 Å². The predicted molar refractivity (Wildman–Crippen MR) is 70.6 cm³/mol. The first kappa shape index (κ1) is 10.9. The van der Waals surface area contributed by atoms with E-state index in [2.05, 4.69) is 35.5 Å². The standard InChI is InChI=1S/C12H10N8/c1-2-15-12(14-1)7-20-6-11(18-19-20)8-3-13-5-10-9(8)4-16-17-10/h1-6H,7H2,(H,14,15)(H,16,17). The highest BCUT2D eigenvalue weighted by Crippen LogP contribution is 2.24. The molecule has 0 spiro atoms. The molecular formula is C12H10N8. The van der Waals surface area contributed by atoms with Crippen molar-refractivity contribution in [3.63, 3.8) is 0 Å². The zero-order valence-corrected chi connectivity index (χ0v) is 10.4. The number of H-pyrrole nitrogens is 2. The summed E-state index contributed by atoms with van der Waals surface area (Å²) in [5.41, 5.74) is 2.54. The largest absolute Gasteiger partial charge is 0.347 e. The first-order chi connectivity index (χ1) is 9.90. The highest BCUT2D eigenvalue weighted by molar-refractivity contribution is 5.91. The second-order valence-corrected chi connectivity index (χ2v) is 4.36. The summed E-state index contributed by atoms with van der Waals surface area (Å²) < 4.78 is 1.73. The molecule has 4 aromatic heterocycles. The molecule has 0 atom stereocenters. The fourth-order valence-electron chi connectivity index (χ4n) is 2.11. The van der Waals surface area contributed by atoms with Gasteiger partial charge in [-0.15, -0.1) is 5.10 Å². The lowest BCUT2D eigenvalue weighted by Crippen LogP contribution is -2.01. The van der Waals surface area contributed by atoms with E-state index in [9.17, 15) is 0 Å². The van der Waals surface area contributed by atoms with Gasteiger partial charge in [-0.05, 0) is 0 Å². The van der Waals surface area contributed by atoms with Crippen LogP contribution in [0.3, 0.4) is 0 Å². The zero-order valence-electron chi connectivity index (χ0n) is 10.4. The second kappa shape index (κ2) is 4.26. The molecule has 0 saturated carbocycles. The van der Waals surface area contributed by atoms with Crippen LogP contribution in [0.25, 0.3) is 22.2 Å². The number of nitrogens with one attached hydrogen (secondary N) is 2. The Labute approximate surface area is 112 Å². The summed E-state index contributed by atoms with van der Waals surface area (Å²) in [6.07, 6.45) is 10.6. The van der Waals surface area contributed by atoms with Crippen molar-refractivity contribution >= 4 is 10.9 Å². The molecule has 0 aliphatic carbocycles. The van der Waals surface area contributed by atoms with Crippen molar-refractivity contribution in [3.05, 3.63) is 43.0 Å². The average molecular weight is 266 g/mol. The number of hydrogen-bond donors (Lipinski definition) is 2. The molecule has 0 aliphatic rings. The minimum absolute atomic E-state index is 0.550. The molecular weight excluding hydrogens is 256 g/mol. The van der Waals surface area contributed by atoms with Crippen LogP contribution in [0.5, 0.6) is 0 Å². The lowest BCUT2D eigenvalue weighted by atomic mass is 10.1. The van der Waals surface area contributed by atoms with Gasteiger partial charge in [0.15, 0.2) is 0 Å². The maximum atomic E-state index is 4.19. The maximum absolute atomic E-state index is 4.19. The van der Waals surface area contributed by atoms with E-state index < -0.39 is 0 Å². The highest BCUT2D eigenvalue weighted by atomic mass is 15.4. The smallest absolute Gasteiger partial charge is 0.127 e. The molecule has 2 N–H and O–H groups in total. The molecule has 0 unspecified atom stereocenters. The third kappa shape index (κ3) is 1.74. The number of aromatic nitrogens is 8. The number of fused-ring (bicyclic) bond motifs is 1. The van der Waals surface area contributed by atoms with Crippen LogP contribution in [0.4, 0.5) is 0 Å². The number of aromatic amines is 2. The Morgan fingerprint density at radius 2 is 2.20 bits per heavy atom. The van der Waals surface area contributed by atoms with Crippen LogP contribution in [0.1, 0.15) is 5.82 Å². The molecule has 0 aliphatic heterocycles. The minimum Gasteiger partial charge on any atom is -0.347 e. The first-order valence-electron chi connectivity index (χ1n) is 6.06. The van der Waals surface area contributed by atoms with E-state index in [-0.39, 0.29) is 0 Å². The van der Waals surface area contributed by atoms with Gasteiger partial charge in [0.2, 0.25) is 0 Å². The molecule has 4 heterocycles. The third-order valence-corrected chi connectivity index (χ3v) is 3.05. The molecule has 0 fully saturated rings.